The van der Waals surface area contributed by atoms with E-state index in [0.29, 0.717) is 10.5 Å². The number of rotatable bonds is 2. The van der Waals surface area contributed by atoms with E-state index in [2.05, 4.69) is 43.9 Å². The summed E-state index contributed by atoms with van der Waals surface area (Å²) in [7, 11) is -0.542. The Morgan fingerprint density at radius 1 is 1.09 bits per heavy atom. The Labute approximate surface area is 76.5 Å². The van der Waals surface area contributed by atoms with E-state index in [1.807, 2.05) is 0 Å². The van der Waals surface area contributed by atoms with Crippen LogP contribution in [0.15, 0.2) is 0 Å². The average Bonchev–Trinajstić information content (AvgIpc) is 1.58. The molecule has 0 spiro atoms. The summed E-state index contributed by atoms with van der Waals surface area (Å²) >= 11 is 0. The molecule has 0 aliphatic carbocycles. The zero-order valence-electron chi connectivity index (χ0n) is 8.82. The summed E-state index contributed by atoms with van der Waals surface area (Å²) in [5.74, 6) is 0. The summed E-state index contributed by atoms with van der Waals surface area (Å²) in [6.07, 6.45) is 0. The zero-order chi connectivity index (χ0) is 9.49. The fraction of sp³-hybridized carbons (Fsp3) is 1.00. The van der Waals surface area contributed by atoms with Gasteiger partial charge in [0.25, 0.3) is 0 Å². The van der Waals surface area contributed by atoms with Crippen LogP contribution in [0.25, 0.3) is 0 Å². The van der Waals surface area contributed by atoms with Crippen LogP contribution in [0.4, 0.5) is 0 Å². The maximum atomic E-state index is 4.93. The van der Waals surface area contributed by atoms with Gasteiger partial charge < -0.3 is 4.58 Å². The van der Waals surface area contributed by atoms with Gasteiger partial charge in [0.1, 0.15) is 0 Å². The molecule has 0 aromatic heterocycles. The lowest BCUT2D eigenvalue weighted by Crippen LogP contribution is -2.24. The molecule has 0 aromatic carbocycles. The van der Waals surface area contributed by atoms with Crippen molar-refractivity contribution in [1.82, 2.24) is 0 Å². The van der Waals surface area contributed by atoms with Crippen LogP contribution < -0.4 is 0 Å². The van der Waals surface area contributed by atoms with Gasteiger partial charge in [-0.1, -0.05) is 19.6 Å². The van der Waals surface area contributed by atoms with Gasteiger partial charge in [0.05, 0.1) is 0 Å². The molecule has 0 saturated heterocycles. The minimum atomic E-state index is -1.34. The molecule has 0 aromatic rings. The summed E-state index contributed by atoms with van der Waals surface area (Å²) < 4.78 is 9.54. The van der Waals surface area contributed by atoms with E-state index >= 15 is 0 Å². The predicted octanol–water partition coefficient (Wildman–Crippen LogP) is 1.42. The molecule has 0 fully saturated rings. The second-order valence-electron chi connectivity index (χ2n) is 3.86. The molecular weight excluding hydrogens is 188 g/mol. The summed E-state index contributed by atoms with van der Waals surface area (Å²) in [6, 6.07) is 0. The minimum Gasteiger partial charge on any atom is -0.310 e. The van der Waals surface area contributed by atoms with E-state index < -0.39 is 8.32 Å². The highest BCUT2D eigenvalue weighted by atomic mass is 28.4. The van der Waals surface area contributed by atoms with E-state index in [4.69, 9.17) is 4.58 Å². The molecule has 0 N–H and O–H groups in total. The number of hydrogen-bond donors (Lipinski definition) is 0. The van der Waals surface area contributed by atoms with Crippen molar-refractivity contribution >= 4 is 27.6 Å². The van der Waals surface area contributed by atoms with Gasteiger partial charge in [-0.2, -0.15) is 0 Å². The Morgan fingerprint density at radius 2 is 1.36 bits per heavy atom. The molecule has 69 valence electrons. The Bertz CT molecular complexity index is 77.6. The van der Waals surface area contributed by atoms with Crippen molar-refractivity contribution in [3.63, 3.8) is 0 Å². The van der Waals surface area contributed by atoms with E-state index in [1.165, 1.54) is 0 Å². The molecule has 0 heterocycles. The summed E-state index contributed by atoms with van der Waals surface area (Å²) in [4.78, 5) is 0. The van der Waals surface area contributed by atoms with Crippen LogP contribution in [-0.4, -0.2) is 27.6 Å². The first kappa shape index (κ1) is 14.1. The van der Waals surface area contributed by atoms with Gasteiger partial charge in [0.2, 0.25) is 8.32 Å². The Hall–Kier alpha value is 0.571. The molecule has 0 unspecified atom stereocenters. The second kappa shape index (κ2) is 7.23. The van der Waals surface area contributed by atoms with E-state index in [9.17, 15) is 0 Å². The highest BCUT2D eigenvalue weighted by Crippen LogP contribution is 2.00. The van der Waals surface area contributed by atoms with Crippen LogP contribution in [0.2, 0.25) is 39.3 Å². The van der Waals surface area contributed by atoms with Gasteiger partial charge in [0, 0.05) is 8.80 Å². The highest BCUT2D eigenvalue weighted by molar-refractivity contribution is 6.69. The van der Waals surface area contributed by atoms with Gasteiger partial charge in [-0.3, -0.25) is 4.58 Å². The molecule has 0 amide bonds. The van der Waals surface area contributed by atoms with Crippen molar-refractivity contribution in [3.05, 3.63) is 0 Å². The van der Waals surface area contributed by atoms with Crippen LogP contribution in [0, 0.1) is 0 Å². The third-order valence-electron chi connectivity index (χ3n) is 0.333. The molecule has 5 heteroatoms. The number of hydrogen-bond acceptors (Lipinski definition) is 2. The van der Waals surface area contributed by atoms with Crippen molar-refractivity contribution in [3.8, 4) is 0 Å². The molecule has 0 aliphatic heterocycles. The molecule has 0 rings (SSSR count). The van der Waals surface area contributed by atoms with Crippen molar-refractivity contribution in [1.29, 1.82) is 0 Å². The Morgan fingerprint density at radius 3 is 1.36 bits per heavy atom. The van der Waals surface area contributed by atoms with Crippen molar-refractivity contribution in [2.75, 3.05) is 0 Å². The lowest BCUT2D eigenvalue weighted by Gasteiger charge is -2.12. The summed E-state index contributed by atoms with van der Waals surface area (Å²) in [6.45, 7) is 13.1. The van der Waals surface area contributed by atoms with E-state index in [0.717, 1.165) is 0 Å². The minimum absolute atomic E-state index is 0.120. The molecule has 0 saturated carbocycles. The van der Waals surface area contributed by atoms with Crippen molar-refractivity contribution in [2.45, 2.75) is 39.3 Å². The average molecular weight is 209 g/mol. The topological polar surface area (TPSA) is 18.5 Å². The van der Waals surface area contributed by atoms with Crippen LogP contribution in [-0.2, 0) is 9.15 Å². The standard InChI is InChI=1S/C3H12O2Si2.C3H9Si/c1-7(2,3)5-4-6;1-4(2)3/h1-3,6H3;1-3H3. The van der Waals surface area contributed by atoms with E-state index in [1.54, 1.807) is 0 Å². The molecule has 11 heavy (non-hydrogen) atoms. The molecule has 0 bridgehead atoms. The summed E-state index contributed by atoms with van der Waals surface area (Å²) in [5, 5.41) is 0. The van der Waals surface area contributed by atoms with Crippen LogP contribution in [0.5, 0.6) is 0 Å². The maximum Gasteiger partial charge on any atom is 0.228 e. The summed E-state index contributed by atoms with van der Waals surface area (Å²) in [5.41, 5.74) is 0. The third kappa shape index (κ3) is 37.2. The molecule has 0 atom stereocenters. The van der Waals surface area contributed by atoms with Gasteiger partial charge in [-0.25, -0.2) is 0 Å². The Balaban J connectivity index is 0. The zero-order valence-corrected chi connectivity index (χ0v) is 12.8. The molecular formula is C6H21O2Si3. The Kier molecular flexibility index (Phi) is 9.28. The monoisotopic (exact) mass is 209 g/mol. The largest absolute Gasteiger partial charge is 0.310 e. The smallest absolute Gasteiger partial charge is 0.228 e. The van der Waals surface area contributed by atoms with Gasteiger partial charge >= 0.3 is 0 Å². The normalized spacial score (nSPS) is 11.2. The van der Waals surface area contributed by atoms with Crippen molar-refractivity contribution in [2.24, 2.45) is 0 Å². The van der Waals surface area contributed by atoms with Crippen LogP contribution in [0.1, 0.15) is 0 Å². The molecule has 2 nitrogen and oxygen atoms in total. The first-order chi connectivity index (χ1) is 4.79. The van der Waals surface area contributed by atoms with Crippen LogP contribution >= 0.6 is 0 Å². The van der Waals surface area contributed by atoms with Gasteiger partial charge in [-0.05, 0) is 19.6 Å². The first-order valence-electron chi connectivity index (χ1n) is 3.78. The lowest BCUT2D eigenvalue weighted by atomic mass is 11.8. The fourth-order valence-electron chi connectivity index (χ4n) is 0.250. The van der Waals surface area contributed by atoms with E-state index in [-0.39, 0.29) is 8.80 Å². The fourth-order valence-corrected chi connectivity index (χ4v) is 2.25. The van der Waals surface area contributed by atoms with Gasteiger partial charge in [-0.15, -0.1) is 0 Å². The SMILES string of the molecule is C[Si](C)(C)OO[SiH3].C[Si](C)C. The van der Waals surface area contributed by atoms with Gasteiger partial charge in [0.15, 0.2) is 10.5 Å². The third-order valence-corrected chi connectivity index (χ3v) is 1.50. The van der Waals surface area contributed by atoms with Crippen molar-refractivity contribution < 1.29 is 9.15 Å². The highest BCUT2D eigenvalue weighted by Gasteiger charge is 2.13. The van der Waals surface area contributed by atoms with Crippen LogP contribution in [0.3, 0.4) is 0 Å². The molecule has 0 aliphatic rings. The first-order valence-corrected chi connectivity index (χ1v) is 11.0. The molecule has 1 radical (unpaired) electrons. The predicted molar refractivity (Wildman–Crippen MR) is 58.8 cm³/mol. The maximum absolute atomic E-state index is 4.93. The lowest BCUT2D eigenvalue weighted by molar-refractivity contribution is -0.105. The quantitative estimate of drug-likeness (QED) is 0.389. The second-order valence-corrected chi connectivity index (χ2v) is 11.6.